The van der Waals surface area contributed by atoms with E-state index >= 15 is 0 Å². The minimum absolute atomic E-state index is 0.104. The van der Waals surface area contributed by atoms with E-state index in [0.717, 1.165) is 22.9 Å². The number of aliphatic carboxylic acids is 1. The van der Waals surface area contributed by atoms with Crippen LogP contribution in [0.1, 0.15) is 32.1 Å². The first kappa shape index (κ1) is 20.1. The summed E-state index contributed by atoms with van der Waals surface area (Å²) in [7, 11) is 0. The number of carboxylic acids is 1. The number of aromatic amines is 1. The maximum absolute atomic E-state index is 12.2. The highest BCUT2D eigenvalue weighted by Crippen LogP contribution is 2.30. The highest BCUT2D eigenvalue weighted by Gasteiger charge is 2.40. The molecule has 2 rings (SSSR count). The van der Waals surface area contributed by atoms with Gasteiger partial charge in [-0.2, -0.15) is 0 Å². The molecule has 1 saturated heterocycles. The Morgan fingerprint density at radius 3 is 2.63 bits per heavy atom. The molecule has 1 fully saturated rings. The van der Waals surface area contributed by atoms with Gasteiger partial charge in [0.2, 0.25) is 0 Å². The molecule has 0 saturated carbocycles. The molecular weight excluding hydrogens is 364 g/mol. The molecule has 0 unspecified atom stereocenters. The van der Waals surface area contributed by atoms with E-state index in [1.54, 1.807) is 0 Å². The van der Waals surface area contributed by atoms with Crippen LogP contribution in [0.5, 0.6) is 0 Å². The van der Waals surface area contributed by atoms with Crippen LogP contribution in [0.15, 0.2) is 21.9 Å². The molecular formula is C16H18N2O9. The molecule has 2 heterocycles. The van der Waals surface area contributed by atoms with Crippen LogP contribution in [0.2, 0.25) is 0 Å². The van der Waals surface area contributed by atoms with E-state index in [-0.39, 0.29) is 18.6 Å². The minimum atomic E-state index is -1.27. The molecule has 0 aliphatic carbocycles. The normalized spacial score (nSPS) is 21.9. The van der Waals surface area contributed by atoms with Gasteiger partial charge in [0.25, 0.3) is 5.56 Å². The van der Waals surface area contributed by atoms with E-state index < -0.39 is 47.6 Å². The first-order chi connectivity index (χ1) is 12.7. The van der Waals surface area contributed by atoms with Crippen molar-refractivity contribution in [2.75, 3.05) is 6.61 Å². The number of nitrogens with zero attached hydrogens (tertiary/aromatic N) is 1. The third kappa shape index (κ3) is 5.38. The van der Waals surface area contributed by atoms with E-state index in [9.17, 15) is 24.0 Å². The van der Waals surface area contributed by atoms with Crippen LogP contribution in [-0.2, 0) is 28.6 Å². The summed E-state index contributed by atoms with van der Waals surface area (Å²) in [6.45, 7) is 2.31. The van der Waals surface area contributed by atoms with Crippen molar-refractivity contribution >= 4 is 24.0 Å². The molecule has 11 heteroatoms. The Balaban J connectivity index is 2.36. The van der Waals surface area contributed by atoms with Crippen LogP contribution in [0.25, 0.3) is 6.08 Å². The molecule has 1 aliphatic heterocycles. The number of hydrogen-bond acceptors (Lipinski definition) is 8. The quantitative estimate of drug-likeness (QED) is 0.485. The summed E-state index contributed by atoms with van der Waals surface area (Å²) in [5.74, 6) is -2.40. The molecule has 0 radical (unpaired) electrons. The molecule has 1 aliphatic rings. The first-order valence-corrected chi connectivity index (χ1v) is 7.90. The van der Waals surface area contributed by atoms with Gasteiger partial charge in [0.15, 0.2) is 6.23 Å². The van der Waals surface area contributed by atoms with Crippen molar-refractivity contribution < 1.29 is 33.7 Å². The van der Waals surface area contributed by atoms with Crippen LogP contribution in [0.4, 0.5) is 0 Å². The standard InChI is InChI=1S/C16H18N2O9/c1-8(19)25-7-11-5-12(26-9(2)20)15(27-11)18-6-10(3-4-13(21)22)14(23)17-16(18)24/h3-4,6,11-12,15H,5,7H2,1-2H3,(H,21,22)(H,17,23,24)/b4-3+/t11-,12-,15-/m1/s1. The zero-order valence-electron chi connectivity index (χ0n) is 14.5. The first-order valence-electron chi connectivity index (χ1n) is 7.90. The SMILES string of the molecule is CC(=O)OC[C@H]1C[C@@H](OC(C)=O)[C@H](n2cc(/C=C/C(=O)O)c(=O)[nH]c2=O)O1. The number of carboxylic acid groups (broad SMARTS) is 1. The fourth-order valence-corrected chi connectivity index (χ4v) is 2.57. The smallest absolute Gasteiger partial charge is 0.330 e. The van der Waals surface area contributed by atoms with Crippen LogP contribution in [-0.4, -0.2) is 51.4 Å². The van der Waals surface area contributed by atoms with Gasteiger partial charge < -0.3 is 19.3 Å². The lowest BCUT2D eigenvalue weighted by atomic mass is 10.2. The molecule has 2 N–H and O–H groups in total. The van der Waals surface area contributed by atoms with Crippen molar-refractivity contribution in [3.05, 3.63) is 38.7 Å². The third-order valence-corrected chi connectivity index (χ3v) is 3.61. The van der Waals surface area contributed by atoms with Crippen LogP contribution in [0, 0.1) is 0 Å². The summed E-state index contributed by atoms with van der Waals surface area (Å²) in [5, 5.41) is 8.69. The van der Waals surface area contributed by atoms with Crippen molar-refractivity contribution in [3.8, 4) is 0 Å². The fraction of sp³-hybridized carbons (Fsp3) is 0.438. The highest BCUT2D eigenvalue weighted by molar-refractivity contribution is 5.85. The lowest BCUT2D eigenvalue weighted by molar-refractivity contribution is -0.153. The Labute approximate surface area is 152 Å². The van der Waals surface area contributed by atoms with Crippen molar-refractivity contribution in [1.82, 2.24) is 9.55 Å². The van der Waals surface area contributed by atoms with E-state index in [2.05, 4.69) is 0 Å². The zero-order valence-corrected chi connectivity index (χ0v) is 14.5. The number of rotatable bonds is 6. The molecule has 0 amide bonds. The van der Waals surface area contributed by atoms with Gasteiger partial charge >= 0.3 is 23.6 Å². The van der Waals surface area contributed by atoms with E-state index in [1.807, 2.05) is 4.98 Å². The van der Waals surface area contributed by atoms with Crippen LogP contribution in [0.3, 0.4) is 0 Å². The Morgan fingerprint density at radius 2 is 2.04 bits per heavy atom. The number of esters is 2. The molecule has 1 aromatic rings. The molecule has 11 nitrogen and oxygen atoms in total. The maximum atomic E-state index is 12.2. The number of H-pyrrole nitrogens is 1. The number of aromatic nitrogens is 2. The molecule has 3 atom stereocenters. The second-order valence-electron chi connectivity index (χ2n) is 5.76. The van der Waals surface area contributed by atoms with Gasteiger partial charge in [-0.15, -0.1) is 0 Å². The zero-order chi connectivity index (χ0) is 20.1. The summed E-state index contributed by atoms with van der Waals surface area (Å²) >= 11 is 0. The van der Waals surface area contributed by atoms with Crippen molar-refractivity contribution in [2.24, 2.45) is 0 Å². The van der Waals surface area contributed by atoms with Gasteiger partial charge in [0, 0.05) is 32.5 Å². The molecule has 146 valence electrons. The predicted molar refractivity (Wildman–Crippen MR) is 88.7 cm³/mol. The molecule has 27 heavy (non-hydrogen) atoms. The summed E-state index contributed by atoms with van der Waals surface area (Å²) in [6, 6.07) is 0. The van der Waals surface area contributed by atoms with Gasteiger partial charge in [0.1, 0.15) is 12.7 Å². The van der Waals surface area contributed by atoms with Gasteiger partial charge in [-0.05, 0) is 6.08 Å². The van der Waals surface area contributed by atoms with Crippen molar-refractivity contribution in [1.29, 1.82) is 0 Å². The molecule has 1 aromatic heterocycles. The Kier molecular flexibility index (Phi) is 6.29. The largest absolute Gasteiger partial charge is 0.478 e. The lowest BCUT2D eigenvalue weighted by Crippen LogP contribution is -2.37. The Hall–Kier alpha value is -3.21. The van der Waals surface area contributed by atoms with Gasteiger partial charge in [0.05, 0.1) is 11.7 Å². The second-order valence-corrected chi connectivity index (χ2v) is 5.76. The van der Waals surface area contributed by atoms with Gasteiger partial charge in [-0.25, -0.2) is 9.59 Å². The lowest BCUT2D eigenvalue weighted by Gasteiger charge is -2.20. The monoisotopic (exact) mass is 382 g/mol. The van der Waals surface area contributed by atoms with E-state index in [0.29, 0.717) is 0 Å². The second kappa shape index (κ2) is 8.45. The third-order valence-electron chi connectivity index (χ3n) is 3.61. The van der Waals surface area contributed by atoms with E-state index in [4.69, 9.17) is 19.3 Å². The number of nitrogens with one attached hydrogen (secondary N) is 1. The predicted octanol–water partition coefficient (Wildman–Crippen LogP) is -0.583. The fourth-order valence-electron chi connectivity index (χ4n) is 2.57. The minimum Gasteiger partial charge on any atom is -0.478 e. The van der Waals surface area contributed by atoms with Crippen LogP contribution < -0.4 is 11.2 Å². The molecule has 0 aromatic carbocycles. The summed E-state index contributed by atoms with van der Waals surface area (Å²) < 4.78 is 16.7. The summed E-state index contributed by atoms with van der Waals surface area (Å²) in [5.41, 5.74) is -1.72. The Morgan fingerprint density at radius 1 is 1.33 bits per heavy atom. The highest BCUT2D eigenvalue weighted by atomic mass is 16.6. The number of ether oxygens (including phenoxy) is 3. The van der Waals surface area contributed by atoms with Crippen molar-refractivity contribution in [2.45, 2.75) is 38.7 Å². The van der Waals surface area contributed by atoms with Gasteiger partial charge in [-0.1, -0.05) is 0 Å². The summed E-state index contributed by atoms with van der Waals surface area (Å²) in [6.07, 6.45) is 0.420. The van der Waals surface area contributed by atoms with E-state index in [1.165, 1.54) is 13.8 Å². The number of carbonyl (C=O) groups is 3. The molecule has 0 spiro atoms. The number of carbonyl (C=O) groups excluding carboxylic acids is 2. The van der Waals surface area contributed by atoms with Crippen molar-refractivity contribution in [3.63, 3.8) is 0 Å². The number of hydrogen-bond donors (Lipinski definition) is 2. The molecule has 0 bridgehead atoms. The average molecular weight is 382 g/mol. The average Bonchev–Trinajstić information content (AvgIpc) is 2.94. The van der Waals surface area contributed by atoms with Crippen LogP contribution >= 0.6 is 0 Å². The topological polar surface area (TPSA) is 154 Å². The maximum Gasteiger partial charge on any atom is 0.330 e. The van der Waals surface area contributed by atoms with Gasteiger partial charge in [-0.3, -0.25) is 23.9 Å². The Bertz CT molecular complexity index is 883. The summed E-state index contributed by atoms with van der Waals surface area (Å²) in [4.78, 5) is 59.0.